The summed E-state index contributed by atoms with van der Waals surface area (Å²) in [6.45, 7) is 8.91. The Morgan fingerprint density at radius 3 is 1.57 bits per heavy atom. The van der Waals surface area contributed by atoms with E-state index in [4.69, 9.17) is 11.6 Å². The van der Waals surface area contributed by atoms with E-state index in [2.05, 4.69) is 20.9 Å². The highest BCUT2D eigenvalue weighted by atomic mass is 35.5. The van der Waals surface area contributed by atoms with Gasteiger partial charge in [0.05, 0.1) is 25.0 Å². The molecule has 0 amide bonds. The molecule has 0 aliphatic rings. The van der Waals surface area contributed by atoms with Crippen LogP contribution in [0.15, 0.2) is 29.2 Å². The van der Waals surface area contributed by atoms with Crippen LogP contribution in [0.1, 0.15) is 90.0 Å². The fraction of sp³-hybridized carbons (Fsp3) is 0.750. The summed E-state index contributed by atoms with van der Waals surface area (Å²) in [6, 6.07) is 6.56. The quantitative estimate of drug-likeness (QED) is 0.0941. The molecular weight excluding hydrogens is 418 g/mol. The van der Waals surface area contributed by atoms with Crippen LogP contribution in [-0.2, 0) is 10.1 Å². The van der Waals surface area contributed by atoms with E-state index in [0.29, 0.717) is 0 Å². The molecule has 176 valence electrons. The van der Waals surface area contributed by atoms with E-state index >= 15 is 0 Å². The summed E-state index contributed by atoms with van der Waals surface area (Å²) in [7, 11) is -1.94. The third kappa shape index (κ3) is 15.2. The molecule has 0 bridgehead atoms. The lowest BCUT2D eigenvalue weighted by Gasteiger charge is -2.32. The molecule has 1 atom stereocenters. The summed E-state index contributed by atoms with van der Waals surface area (Å²) in [5, 5.41) is 0. The van der Waals surface area contributed by atoms with Crippen molar-refractivity contribution in [2.75, 3.05) is 26.1 Å². The van der Waals surface area contributed by atoms with E-state index in [0.717, 1.165) is 16.1 Å². The average molecular weight is 462 g/mol. The Morgan fingerprint density at radius 2 is 1.20 bits per heavy atom. The molecule has 0 saturated heterocycles. The fourth-order valence-electron chi connectivity index (χ4n) is 3.31. The number of rotatable bonds is 15. The van der Waals surface area contributed by atoms with Gasteiger partial charge in [-0.3, -0.25) is 0 Å². The zero-order valence-corrected chi connectivity index (χ0v) is 21.2. The van der Waals surface area contributed by atoms with Gasteiger partial charge in [-0.1, -0.05) is 88.1 Å². The Labute approximate surface area is 191 Å². The summed E-state index contributed by atoms with van der Waals surface area (Å²) in [4.78, 5) is -0.178. The van der Waals surface area contributed by atoms with Crippen molar-refractivity contribution >= 4 is 21.7 Å². The largest absolute Gasteiger partial charge is 0.744 e. The summed E-state index contributed by atoms with van der Waals surface area (Å²) < 4.78 is 32.2. The van der Waals surface area contributed by atoms with Gasteiger partial charge in [-0.15, -0.1) is 0 Å². The molecule has 1 aromatic rings. The van der Waals surface area contributed by atoms with E-state index < -0.39 is 10.1 Å². The number of alkyl halides is 1. The smallest absolute Gasteiger partial charge is 0.154 e. The van der Waals surface area contributed by atoms with Crippen molar-refractivity contribution in [3.8, 4) is 0 Å². The molecule has 0 heterocycles. The van der Waals surface area contributed by atoms with Crippen LogP contribution in [0.5, 0.6) is 0 Å². The second-order valence-corrected chi connectivity index (χ2v) is 10.3. The highest BCUT2D eigenvalue weighted by Crippen LogP contribution is 2.14. The Morgan fingerprint density at radius 1 is 0.800 bits per heavy atom. The minimum Gasteiger partial charge on any atom is -0.744 e. The minimum atomic E-state index is -4.27. The van der Waals surface area contributed by atoms with Crippen molar-refractivity contribution in [1.29, 1.82) is 0 Å². The lowest BCUT2D eigenvalue weighted by Crippen LogP contribution is -2.44. The highest BCUT2D eigenvalue weighted by Gasteiger charge is 2.18. The van der Waals surface area contributed by atoms with Gasteiger partial charge in [0.15, 0.2) is 6.00 Å². The van der Waals surface area contributed by atoms with Crippen LogP contribution in [0.25, 0.3) is 0 Å². The lowest BCUT2D eigenvalue weighted by molar-refractivity contribution is -0.899. The van der Waals surface area contributed by atoms with Gasteiger partial charge in [-0.05, 0) is 44.7 Å². The summed E-state index contributed by atoms with van der Waals surface area (Å²) in [6.07, 6.45) is 15.2. The van der Waals surface area contributed by atoms with Gasteiger partial charge in [0, 0.05) is 0 Å². The molecule has 0 spiro atoms. The molecule has 1 unspecified atom stereocenters. The van der Waals surface area contributed by atoms with E-state index in [1.54, 1.807) is 12.1 Å². The molecule has 4 nitrogen and oxygen atoms in total. The SMILES string of the molecule is CCCCCCCC[N+](C)(CCl)CCCCCCC.Cc1ccc(S(=O)(=O)[O-])cc1. The van der Waals surface area contributed by atoms with Crippen LogP contribution in [0, 0.1) is 6.92 Å². The van der Waals surface area contributed by atoms with E-state index in [1.807, 2.05) is 6.92 Å². The number of aryl methyl sites for hydroxylation is 1. The number of benzene rings is 1. The van der Waals surface area contributed by atoms with Gasteiger partial charge in [0.1, 0.15) is 10.1 Å². The van der Waals surface area contributed by atoms with Gasteiger partial charge in [0.25, 0.3) is 0 Å². The van der Waals surface area contributed by atoms with Crippen molar-refractivity contribution in [3.63, 3.8) is 0 Å². The Bertz CT molecular complexity index is 634. The Balaban J connectivity index is 0.000000642. The van der Waals surface area contributed by atoms with E-state index in [1.165, 1.54) is 95.9 Å². The van der Waals surface area contributed by atoms with Crippen LogP contribution in [0.2, 0.25) is 0 Å². The predicted octanol–water partition coefficient (Wildman–Crippen LogP) is 6.86. The maximum absolute atomic E-state index is 10.4. The first-order chi connectivity index (χ1) is 14.2. The molecule has 30 heavy (non-hydrogen) atoms. The van der Waals surface area contributed by atoms with Crippen molar-refractivity contribution in [2.24, 2.45) is 0 Å². The third-order valence-electron chi connectivity index (χ3n) is 5.45. The number of nitrogens with zero attached hydrogens (tertiary/aromatic N) is 1. The number of hydrogen-bond acceptors (Lipinski definition) is 3. The molecule has 0 aliphatic heterocycles. The first-order valence-corrected chi connectivity index (χ1v) is 13.5. The van der Waals surface area contributed by atoms with Crippen LogP contribution in [0.4, 0.5) is 0 Å². The number of unbranched alkanes of at least 4 members (excludes halogenated alkanes) is 9. The highest BCUT2D eigenvalue weighted by molar-refractivity contribution is 7.85. The normalized spacial score (nSPS) is 13.4. The topological polar surface area (TPSA) is 57.2 Å². The Hall–Kier alpha value is -0.620. The molecule has 0 saturated carbocycles. The van der Waals surface area contributed by atoms with Crippen LogP contribution < -0.4 is 0 Å². The molecule has 1 rings (SSSR count). The summed E-state index contributed by atoms with van der Waals surface area (Å²) >= 11 is 6.18. The summed E-state index contributed by atoms with van der Waals surface area (Å²) in [5.41, 5.74) is 0.928. The van der Waals surface area contributed by atoms with Crippen molar-refractivity contribution < 1.29 is 17.5 Å². The first kappa shape index (κ1) is 29.4. The molecule has 1 aromatic carbocycles. The molecule has 0 aromatic heterocycles. The zero-order valence-electron chi connectivity index (χ0n) is 19.7. The third-order valence-corrected chi connectivity index (χ3v) is 6.88. The van der Waals surface area contributed by atoms with Gasteiger partial charge in [0.2, 0.25) is 0 Å². The molecular formula is C24H44ClNO3S. The minimum absolute atomic E-state index is 0.178. The van der Waals surface area contributed by atoms with Crippen LogP contribution >= 0.6 is 11.6 Å². The summed E-state index contributed by atoms with van der Waals surface area (Å²) in [5.74, 6) is 0. The zero-order chi connectivity index (χ0) is 22.9. The fourth-order valence-corrected chi connectivity index (χ4v) is 4.02. The van der Waals surface area contributed by atoms with E-state index in [9.17, 15) is 13.0 Å². The van der Waals surface area contributed by atoms with Crippen molar-refractivity contribution in [3.05, 3.63) is 29.8 Å². The van der Waals surface area contributed by atoms with Gasteiger partial charge >= 0.3 is 0 Å². The molecule has 0 aliphatic carbocycles. The standard InChI is InChI=1S/C17H37ClN.C7H8O3S/c1-4-6-8-10-12-14-16-19(3,17-18)15-13-11-9-7-5-2;1-6-2-4-7(5-3-6)11(8,9)10/h4-17H2,1-3H3;2-5H,1H3,(H,8,9,10)/q+1;/p-1. The predicted molar refractivity (Wildman–Crippen MR) is 128 cm³/mol. The van der Waals surface area contributed by atoms with Crippen LogP contribution in [-0.4, -0.2) is 43.6 Å². The number of quaternary nitrogens is 1. The van der Waals surface area contributed by atoms with Gasteiger partial charge < -0.3 is 9.04 Å². The van der Waals surface area contributed by atoms with Gasteiger partial charge in [-0.25, -0.2) is 8.42 Å². The monoisotopic (exact) mass is 461 g/mol. The average Bonchev–Trinajstić information content (AvgIpc) is 2.70. The van der Waals surface area contributed by atoms with Crippen molar-refractivity contribution in [1.82, 2.24) is 0 Å². The molecule has 0 radical (unpaired) electrons. The van der Waals surface area contributed by atoms with Crippen molar-refractivity contribution in [2.45, 2.75) is 96.3 Å². The second-order valence-electron chi connectivity index (χ2n) is 8.64. The molecule has 0 N–H and O–H groups in total. The van der Waals surface area contributed by atoms with Gasteiger partial charge in [-0.2, -0.15) is 0 Å². The maximum Gasteiger partial charge on any atom is 0.154 e. The van der Waals surface area contributed by atoms with E-state index in [-0.39, 0.29) is 4.90 Å². The first-order valence-electron chi connectivity index (χ1n) is 11.6. The second kappa shape index (κ2) is 17.0. The number of halogens is 1. The molecule has 0 fully saturated rings. The number of hydrogen-bond donors (Lipinski definition) is 0. The Kier molecular flexibility index (Phi) is 16.6. The maximum atomic E-state index is 10.4. The molecule has 6 heteroatoms. The van der Waals surface area contributed by atoms with Crippen LogP contribution in [0.3, 0.4) is 0 Å². The lowest BCUT2D eigenvalue weighted by atomic mass is 10.1.